The number of hydrogen-bond donors (Lipinski definition) is 2. The molecule has 0 aliphatic carbocycles. The fourth-order valence-corrected chi connectivity index (χ4v) is 3.94. The van der Waals surface area contributed by atoms with Gasteiger partial charge >= 0.3 is 6.18 Å². The number of rotatable bonds is 3. The number of hydrogen-bond acceptors (Lipinski definition) is 5. The first-order valence-electron chi connectivity index (χ1n) is 9.92. The summed E-state index contributed by atoms with van der Waals surface area (Å²) in [5.74, 6) is 0.497. The third-order valence-electron chi connectivity index (χ3n) is 5.45. The molecule has 4 heterocycles. The maximum absolute atomic E-state index is 13.8. The van der Waals surface area contributed by atoms with E-state index < -0.39 is 11.7 Å². The summed E-state index contributed by atoms with van der Waals surface area (Å²) in [6.45, 7) is 1.95. The highest BCUT2D eigenvalue weighted by Crippen LogP contribution is 2.38. The average molecular weight is 424 g/mol. The first-order chi connectivity index (χ1) is 15.0. The minimum absolute atomic E-state index is 0.0691. The van der Waals surface area contributed by atoms with E-state index in [0.29, 0.717) is 36.5 Å². The molecule has 9 heteroatoms. The molecule has 3 aromatic heterocycles. The number of benzene rings is 1. The fraction of sp³-hybridized carbons (Fsp3) is 0.227. The van der Waals surface area contributed by atoms with Crippen LogP contribution in [-0.4, -0.2) is 39.8 Å². The molecule has 0 bridgehead atoms. The monoisotopic (exact) mass is 424 g/mol. The molecular formula is C22H19F3N6. The largest absolute Gasteiger partial charge is 0.418 e. The van der Waals surface area contributed by atoms with Gasteiger partial charge in [-0.05, 0) is 29.8 Å². The summed E-state index contributed by atoms with van der Waals surface area (Å²) in [7, 11) is 0. The van der Waals surface area contributed by atoms with E-state index in [-0.39, 0.29) is 17.4 Å². The molecule has 5 rings (SSSR count). The molecule has 1 fully saturated rings. The number of nitrogens with zero attached hydrogens (tertiary/aromatic N) is 4. The van der Waals surface area contributed by atoms with E-state index in [1.807, 2.05) is 35.2 Å². The molecule has 0 spiro atoms. The Morgan fingerprint density at radius 1 is 1.00 bits per heavy atom. The lowest BCUT2D eigenvalue weighted by Crippen LogP contribution is -2.46. The van der Waals surface area contributed by atoms with Crippen molar-refractivity contribution >= 4 is 16.9 Å². The Labute approximate surface area is 176 Å². The highest BCUT2D eigenvalue weighted by atomic mass is 19.4. The van der Waals surface area contributed by atoms with E-state index in [1.165, 1.54) is 6.07 Å². The molecule has 1 saturated heterocycles. The predicted molar refractivity (Wildman–Crippen MR) is 112 cm³/mol. The molecule has 1 aliphatic heterocycles. The standard InChI is InChI=1S/C22H19F3N6/c23-22(24,25)16-8-9-18(28-20(16)19-15-7-4-10-27-21(15)30-29-19)31-12-11-26-17(13-31)14-5-2-1-3-6-14/h1-10,17,26H,11-13H2,(H,27,29,30). The highest BCUT2D eigenvalue weighted by Gasteiger charge is 2.36. The van der Waals surface area contributed by atoms with Gasteiger partial charge in [0.2, 0.25) is 0 Å². The van der Waals surface area contributed by atoms with Crippen molar-refractivity contribution in [1.82, 2.24) is 25.5 Å². The molecule has 1 unspecified atom stereocenters. The van der Waals surface area contributed by atoms with E-state index in [1.54, 1.807) is 18.3 Å². The number of alkyl halides is 3. The van der Waals surface area contributed by atoms with Crippen LogP contribution in [0.1, 0.15) is 17.2 Å². The third kappa shape index (κ3) is 3.72. The van der Waals surface area contributed by atoms with Crippen molar-refractivity contribution in [3.63, 3.8) is 0 Å². The zero-order valence-electron chi connectivity index (χ0n) is 16.4. The topological polar surface area (TPSA) is 69.7 Å². The maximum Gasteiger partial charge on any atom is 0.418 e. The van der Waals surface area contributed by atoms with Crippen molar-refractivity contribution in [2.24, 2.45) is 0 Å². The third-order valence-corrected chi connectivity index (χ3v) is 5.45. The molecule has 1 aliphatic rings. The van der Waals surface area contributed by atoms with E-state index in [9.17, 15) is 13.2 Å². The minimum atomic E-state index is -4.55. The van der Waals surface area contributed by atoms with Gasteiger partial charge in [0, 0.05) is 37.3 Å². The molecule has 1 aromatic carbocycles. The molecule has 2 N–H and O–H groups in total. The van der Waals surface area contributed by atoms with Crippen LogP contribution in [0, 0.1) is 0 Å². The second kappa shape index (κ2) is 7.66. The predicted octanol–water partition coefficient (Wildman–Crippen LogP) is 4.19. The number of fused-ring (bicyclic) bond motifs is 1. The molecule has 0 radical (unpaired) electrons. The smallest absolute Gasteiger partial charge is 0.353 e. The Balaban J connectivity index is 1.56. The number of H-pyrrole nitrogens is 1. The number of pyridine rings is 2. The van der Waals surface area contributed by atoms with Crippen LogP contribution >= 0.6 is 0 Å². The van der Waals surface area contributed by atoms with Crippen molar-refractivity contribution in [3.8, 4) is 11.4 Å². The van der Waals surface area contributed by atoms with Crippen LogP contribution in [0.15, 0.2) is 60.8 Å². The van der Waals surface area contributed by atoms with E-state index in [4.69, 9.17) is 0 Å². The molecule has 0 amide bonds. The molecule has 0 saturated carbocycles. The Bertz CT molecular complexity index is 1200. The van der Waals surface area contributed by atoms with Crippen LogP contribution in [0.2, 0.25) is 0 Å². The summed E-state index contributed by atoms with van der Waals surface area (Å²) >= 11 is 0. The molecule has 31 heavy (non-hydrogen) atoms. The van der Waals surface area contributed by atoms with Gasteiger partial charge in [0.25, 0.3) is 0 Å². The number of anilines is 1. The van der Waals surface area contributed by atoms with Crippen molar-refractivity contribution in [3.05, 3.63) is 71.9 Å². The number of halogens is 3. The van der Waals surface area contributed by atoms with E-state index in [2.05, 4.69) is 25.5 Å². The van der Waals surface area contributed by atoms with Crippen LogP contribution in [0.5, 0.6) is 0 Å². The average Bonchev–Trinajstić information content (AvgIpc) is 3.23. The summed E-state index contributed by atoms with van der Waals surface area (Å²) in [4.78, 5) is 10.6. The van der Waals surface area contributed by atoms with Gasteiger partial charge in [-0.3, -0.25) is 5.10 Å². The second-order valence-electron chi connectivity index (χ2n) is 7.40. The first-order valence-corrected chi connectivity index (χ1v) is 9.92. The van der Waals surface area contributed by atoms with Crippen LogP contribution in [-0.2, 0) is 6.18 Å². The molecular weight excluding hydrogens is 405 g/mol. The van der Waals surface area contributed by atoms with Crippen molar-refractivity contribution in [1.29, 1.82) is 0 Å². The SMILES string of the molecule is FC(F)(F)c1ccc(N2CCNC(c3ccccc3)C2)nc1-c1[nH]nc2ncccc12. The van der Waals surface area contributed by atoms with Gasteiger partial charge in [-0.15, -0.1) is 0 Å². The number of piperazine rings is 1. The van der Waals surface area contributed by atoms with Gasteiger partial charge in [-0.25, -0.2) is 9.97 Å². The Morgan fingerprint density at radius 3 is 2.65 bits per heavy atom. The zero-order chi connectivity index (χ0) is 21.4. The second-order valence-corrected chi connectivity index (χ2v) is 7.40. The first kappa shape index (κ1) is 19.5. The summed E-state index contributed by atoms with van der Waals surface area (Å²) in [5, 5.41) is 10.7. The number of aromatic nitrogens is 4. The molecule has 6 nitrogen and oxygen atoms in total. The van der Waals surface area contributed by atoms with Crippen LogP contribution in [0.25, 0.3) is 22.4 Å². The van der Waals surface area contributed by atoms with Gasteiger partial charge < -0.3 is 10.2 Å². The quantitative estimate of drug-likeness (QED) is 0.516. The Morgan fingerprint density at radius 2 is 1.84 bits per heavy atom. The summed E-state index contributed by atoms with van der Waals surface area (Å²) in [5.41, 5.74) is 0.719. The summed E-state index contributed by atoms with van der Waals surface area (Å²) < 4.78 is 41.4. The van der Waals surface area contributed by atoms with Crippen LogP contribution in [0.4, 0.5) is 19.0 Å². The van der Waals surface area contributed by atoms with Gasteiger partial charge in [0.05, 0.1) is 11.3 Å². The lowest BCUT2D eigenvalue weighted by Gasteiger charge is -2.35. The minimum Gasteiger partial charge on any atom is -0.353 e. The molecule has 4 aromatic rings. The van der Waals surface area contributed by atoms with Crippen molar-refractivity contribution in [2.45, 2.75) is 12.2 Å². The highest BCUT2D eigenvalue weighted by molar-refractivity contribution is 5.90. The number of aromatic amines is 1. The fourth-order valence-electron chi connectivity index (χ4n) is 3.94. The molecule has 158 valence electrons. The van der Waals surface area contributed by atoms with Crippen molar-refractivity contribution < 1.29 is 13.2 Å². The normalized spacial score (nSPS) is 17.3. The maximum atomic E-state index is 13.8. The summed E-state index contributed by atoms with van der Waals surface area (Å²) in [6.07, 6.45) is -3.00. The number of nitrogens with one attached hydrogen (secondary N) is 2. The van der Waals surface area contributed by atoms with E-state index >= 15 is 0 Å². The Kier molecular flexibility index (Phi) is 4.82. The van der Waals surface area contributed by atoms with Gasteiger partial charge in [0.15, 0.2) is 5.65 Å². The molecule has 1 atom stereocenters. The summed E-state index contributed by atoms with van der Waals surface area (Å²) in [6, 6.07) is 15.9. The lowest BCUT2D eigenvalue weighted by molar-refractivity contribution is -0.137. The van der Waals surface area contributed by atoms with Gasteiger partial charge in [0.1, 0.15) is 11.5 Å². The Hall–Kier alpha value is -3.46. The van der Waals surface area contributed by atoms with Gasteiger partial charge in [-0.1, -0.05) is 30.3 Å². The van der Waals surface area contributed by atoms with Crippen LogP contribution in [0.3, 0.4) is 0 Å². The van der Waals surface area contributed by atoms with Crippen LogP contribution < -0.4 is 10.2 Å². The van der Waals surface area contributed by atoms with Gasteiger partial charge in [-0.2, -0.15) is 18.3 Å². The van der Waals surface area contributed by atoms with Crippen molar-refractivity contribution in [2.75, 3.05) is 24.5 Å². The van der Waals surface area contributed by atoms with E-state index in [0.717, 1.165) is 11.6 Å². The zero-order valence-corrected chi connectivity index (χ0v) is 16.4. The lowest BCUT2D eigenvalue weighted by atomic mass is 10.0.